The van der Waals surface area contributed by atoms with Gasteiger partial charge in [-0.3, -0.25) is 0 Å². The molecule has 0 aliphatic rings. The lowest BCUT2D eigenvalue weighted by molar-refractivity contribution is 0.372. The van der Waals surface area contributed by atoms with E-state index >= 15 is 0 Å². The first kappa shape index (κ1) is 7.15. The van der Waals surface area contributed by atoms with Crippen molar-refractivity contribution >= 4 is 11.6 Å². The molecule has 0 saturated heterocycles. The molecule has 0 radical (unpaired) electrons. The highest BCUT2D eigenvalue weighted by Gasteiger charge is 2.00. The standard InChI is InChI=1S/C6H6ClNO2/c1-10-5-2-6(7)8-3-4(5)9/h2-3,9H,1H3. The second kappa shape index (κ2) is 2.75. The number of rotatable bonds is 1. The van der Waals surface area contributed by atoms with Crippen LogP contribution in [0.4, 0.5) is 0 Å². The van der Waals surface area contributed by atoms with E-state index in [-0.39, 0.29) is 5.75 Å². The van der Waals surface area contributed by atoms with Crippen molar-refractivity contribution in [3.05, 3.63) is 17.4 Å². The second-order valence-electron chi connectivity index (χ2n) is 1.68. The molecular formula is C6H6ClNO2. The Bertz CT molecular complexity index is 239. The minimum absolute atomic E-state index is 0.00750. The van der Waals surface area contributed by atoms with Crippen molar-refractivity contribution in [3.8, 4) is 11.5 Å². The third-order valence-electron chi connectivity index (χ3n) is 1.03. The van der Waals surface area contributed by atoms with Crippen LogP contribution in [0.15, 0.2) is 12.3 Å². The van der Waals surface area contributed by atoms with Crippen molar-refractivity contribution in [2.75, 3.05) is 7.11 Å². The summed E-state index contributed by atoms with van der Waals surface area (Å²) in [7, 11) is 1.45. The Labute approximate surface area is 63.2 Å². The Morgan fingerprint density at radius 1 is 1.70 bits per heavy atom. The number of aromatic hydroxyl groups is 1. The summed E-state index contributed by atoms with van der Waals surface area (Å²) in [4.78, 5) is 3.62. The molecule has 0 unspecified atom stereocenters. The summed E-state index contributed by atoms with van der Waals surface area (Å²) in [5.74, 6) is 0.326. The topological polar surface area (TPSA) is 42.4 Å². The van der Waals surface area contributed by atoms with Crippen LogP contribution in [0, 0.1) is 0 Å². The molecule has 1 rings (SSSR count). The molecule has 1 heterocycles. The van der Waals surface area contributed by atoms with Crippen LogP contribution < -0.4 is 4.74 Å². The van der Waals surface area contributed by atoms with E-state index in [2.05, 4.69) is 4.98 Å². The van der Waals surface area contributed by atoms with Gasteiger partial charge < -0.3 is 9.84 Å². The van der Waals surface area contributed by atoms with E-state index in [1.54, 1.807) is 0 Å². The van der Waals surface area contributed by atoms with Gasteiger partial charge in [0, 0.05) is 6.07 Å². The minimum atomic E-state index is -0.00750. The first-order valence-electron chi connectivity index (χ1n) is 2.62. The molecule has 0 spiro atoms. The number of halogens is 1. The Morgan fingerprint density at radius 3 is 2.90 bits per heavy atom. The van der Waals surface area contributed by atoms with Crippen LogP contribution in [-0.2, 0) is 0 Å². The summed E-state index contributed by atoms with van der Waals surface area (Å²) >= 11 is 5.49. The summed E-state index contributed by atoms with van der Waals surface area (Å²) in [6.07, 6.45) is 1.24. The molecular weight excluding hydrogens is 154 g/mol. The second-order valence-corrected chi connectivity index (χ2v) is 2.07. The molecule has 0 atom stereocenters. The van der Waals surface area contributed by atoms with Crippen LogP contribution in [0.1, 0.15) is 0 Å². The van der Waals surface area contributed by atoms with Crippen molar-refractivity contribution in [3.63, 3.8) is 0 Å². The number of nitrogens with zero attached hydrogens (tertiary/aromatic N) is 1. The third-order valence-corrected chi connectivity index (χ3v) is 1.24. The van der Waals surface area contributed by atoms with E-state index in [9.17, 15) is 0 Å². The van der Waals surface area contributed by atoms with Gasteiger partial charge in [-0.1, -0.05) is 11.6 Å². The maximum atomic E-state index is 8.99. The molecule has 0 aliphatic carbocycles. The monoisotopic (exact) mass is 159 g/mol. The molecule has 0 aromatic carbocycles. The maximum Gasteiger partial charge on any atom is 0.176 e. The summed E-state index contributed by atoms with van der Waals surface area (Å²) < 4.78 is 4.75. The molecule has 0 fully saturated rings. The molecule has 54 valence electrons. The molecule has 4 heteroatoms. The highest BCUT2D eigenvalue weighted by atomic mass is 35.5. The first-order chi connectivity index (χ1) is 4.74. The SMILES string of the molecule is COc1cc(Cl)ncc1O. The zero-order valence-corrected chi connectivity index (χ0v) is 6.09. The first-order valence-corrected chi connectivity index (χ1v) is 3.00. The Balaban J connectivity index is 3.09. The van der Waals surface area contributed by atoms with Crippen molar-refractivity contribution in [1.82, 2.24) is 4.98 Å². The zero-order valence-electron chi connectivity index (χ0n) is 5.34. The van der Waals surface area contributed by atoms with E-state index in [4.69, 9.17) is 21.4 Å². The van der Waals surface area contributed by atoms with Gasteiger partial charge in [-0.05, 0) is 0 Å². The summed E-state index contributed by atoms with van der Waals surface area (Å²) in [6.45, 7) is 0. The fourth-order valence-corrected chi connectivity index (χ4v) is 0.717. The molecule has 1 aromatic heterocycles. The van der Waals surface area contributed by atoms with Crippen LogP contribution >= 0.6 is 11.6 Å². The highest BCUT2D eigenvalue weighted by molar-refractivity contribution is 6.29. The lowest BCUT2D eigenvalue weighted by atomic mass is 10.4. The van der Waals surface area contributed by atoms with Crippen LogP contribution in [0.5, 0.6) is 11.5 Å². The van der Waals surface area contributed by atoms with Crippen LogP contribution in [0.3, 0.4) is 0 Å². The molecule has 0 amide bonds. The smallest absolute Gasteiger partial charge is 0.176 e. The summed E-state index contributed by atoms with van der Waals surface area (Å²) in [5, 5.41) is 9.29. The molecule has 1 aromatic rings. The van der Waals surface area contributed by atoms with Crippen LogP contribution in [0.25, 0.3) is 0 Å². The number of hydrogen-bond acceptors (Lipinski definition) is 3. The van der Waals surface area contributed by atoms with Crippen molar-refractivity contribution < 1.29 is 9.84 Å². The van der Waals surface area contributed by atoms with E-state index in [1.807, 2.05) is 0 Å². The Hall–Kier alpha value is -0.960. The highest BCUT2D eigenvalue weighted by Crippen LogP contribution is 2.25. The number of pyridine rings is 1. The quantitative estimate of drug-likeness (QED) is 0.631. The summed E-state index contributed by atoms with van der Waals surface area (Å²) in [6, 6.07) is 1.44. The number of methoxy groups -OCH3 is 1. The van der Waals surface area contributed by atoms with Gasteiger partial charge in [-0.2, -0.15) is 0 Å². The number of hydrogen-bond donors (Lipinski definition) is 1. The molecule has 0 aliphatic heterocycles. The molecule has 3 nitrogen and oxygen atoms in total. The van der Waals surface area contributed by atoms with Crippen molar-refractivity contribution in [2.24, 2.45) is 0 Å². The third kappa shape index (κ3) is 1.30. The number of ether oxygens (including phenoxy) is 1. The fourth-order valence-electron chi connectivity index (χ4n) is 0.569. The molecule has 0 saturated carbocycles. The average molecular weight is 160 g/mol. The van der Waals surface area contributed by atoms with Crippen molar-refractivity contribution in [1.29, 1.82) is 0 Å². The zero-order chi connectivity index (χ0) is 7.56. The molecule has 1 N–H and O–H groups in total. The number of aromatic nitrogens is 1. The average Bonchev–Trinajstić information content (AvgIpc) is 1.94. The lowest BCUT2D eigenvalue weighted by Gasteiger charge is -2.00. The van der Waals surface area contributed by atoms with Crippen LogP contribution in [0.2, 0.25) is 5.15 Å². The Morgan fingerprint density at radius 2 is 2.40 bits per heavy atom. The largest absolute Gasteiger partial charge is 0.503 e. The van der Waals surface area contributed by atoms with Gasteiger partial charge in [0.25, 0.3) is 0 Å². The Kier molecular flexibility index (Phi) is 1.97. The predicted molar refractivity (Wildman–Crippen MR) is 37.5 cm³/mol. The normalized spacial score (nSPS) is 9.40. The molecule has 10 heavy (non-hydrogen) atoms. The fraction of sp³-hybridized carbons (Fsp3) is 0.167. The predicted octanol–water partition coefficient (Wildman–Crippen LogP) is 1.45. The summed E-state index contributed by atoms with van der Waals surface area (Å²) in [5.41, 5.74) is 0. The van der Waals surface area contributed by atoms with Crippen LogP contribution in [-0.4, -0.2) is 17.2 Å². The van der Waals surface area contributed by atoms with E-state index < -0.39 is 0 Å². The van der Waals surface area contributed by atoms with Crippen molar-refractivity contribution in [2.45, 2.75) is 0 Å². The van der Waals surface area contributed by atoms with Gasteiger partial charge in [0.2, 0.25) is 0 Å². The van der Waals surface area contributed by atoms with E-state index in [0.29, 0.717) is 10.9 Å². The van der Waals surface area contributed by atoms with Gasteiger partial charge in [0.05, 0.1) is 13.3 Å². The van der Waals surface area contributed by atoms with Gasteiger partial charge in [0.1, 0.15) is 5.15 Å². The van der Waals surface area contributed by atoms with Gasteiger partial charge in [-0.15, -0.1) is 0 Å². The van der Waals surface area contributed by atoms with E-state index in [0.717, 1.165) is 0 Å². The lowest BCUT2D eigenvalue weighted by Crippen LogP contribution is -1.84. The van der Waals surface area contributed by atoms with Gasteiger partial charge in [0.15, 0.2) is 11.5 Å². The maximum absolute atomic E-state index is 8.99. The minimum Gasteiger partial charge on any atom is -0.503 e. The van der Waals surface area contributed by atoms with E-state index in [1.165, 1.54) is 19.4 Å². The van der Waals surface area contributed by atoms with Gasteiger partial charge >= 0.3 is 0 Å². The van der Waals surface area contributed by atoms with Gasteiger partial charge in [-0.25, -0.2) is 4.98 Å². The molecule has 0 bridgehead atoms.